The van der Waals surface area contributed by atoms with Gasteiger partial charge in [-0.25, -0.2) is 4.99 Å². The molecule has 0 aliphatic carbocycles. The second-order valence-corrected chi connectivity index (χ2v) is 2.74. The third-order valence-electron chi connectivity index (χ3n) is 1.94. The van der Waals surface area contributed by atoms with Crippen molar-refractivity contribution in [2.75, 3.05) is 0 Å². The van der Waals surface area contributed by atoms with Crippen molar-refractivity contribution in [1.29, 1.82) is 0 Å². The van der Waals surface area contributed by atoms with Crippen molar-refractivity contribution in [1.82, 2.24) is 0 Å². The molecular weight excluding hydrogens is 162 g/mol. The first kappa shape index (κ1) is 9.52. The van der Waals surface area contributed by atoms with E-state index in [9.17, 15) is 0 Å². The topological polar surface area (TPSA) is 25.5 Å². The van der Waals surface area contributed by atoms with E-state index in [1.807, 2.05) is 13.8 Å². The molecule has 1 aromatic rings. The number of furan rings is 1. The maximum Gasteiger partial charge on any atom is 0.222 e. The molecule has 1 aromatic heterocycles. The highest BCUT2D eigenvalue weighted by Gasteiger charge is 2.09. The molecule has 0 amide bonds. The Hall–Kier alpha value is -1.57. The van der Waals surface area contributed by atoms with Crippen molar-refractivity contribution in [2.24, 2.45) is 4.99 Å². The van der Waals surface area contributed by atoms with E-state index in [4.69, 9.17) is 4.42 Å². The predicted octanol–water partition coefficient (Wildman–Crippen LogP) is 3.43. The van der Waals surface area contributed by atoms with Crippen LogP contribution in [0.1, 0.15) is 16.9 Å². The zero-order chi connectivity index (χ0) is 9.84. The van der Waals surface area contributed by atoms with E-state index in [1.165, 1.54) is 0 Å². The van der Waals surface area contributed by atoms with E-state index >= 15 is 0 Å². The summed E-state index contributed by atoms with van der Waals surface area (Å²) >= 11 is 0. The first-order valence-electron chi connectivity index (χ1n) is 4.08. The Balaban J connectivity index is 3.16. The number of hydrogen-bond acceptors (Lipinski definition) is 2. The van der Waals surface area contributed by atoms with Gasteiger partial charge in [0.15, 0.2) is 0 Å². The zero-order valence-electron chi connectivity index (χ0n) is 8.00. The van der Waals surface area contributed by atoms with Gasteiger partial charge in [0.1, 0.15) is 5.76 Å². The van der Waals surface area contributed by atoms with Crippen LogP contribution in [0, 0.1) is 13.8 Å². The van der Waals surface area contributed by atoms with Crippen LogP contribution in [0.3, 0.4) is 0 Å². The molecular formula is C11H13NO. The van der Waals surface area contributed by atoms with Crippen LogP contribution in [0.2, 0.25) is 0 Å². The minimum Gasteiger partial charge on any atom is -0.438 e. The van der Waals surface area contributed by atoms with Gasteiger partial charge in [0.05, 0.1) is 0 Å². The standard InChI is InChI=1S/C11H13NO/c1-5-7-12-11-9(4)8(3)10(6-2)13-11/h5-7H,1-2H2,3-4H3/b12-7-. The second kappa shape index (κ2) is 3.90. The first-order valence-corrected chi connectivity index (χ1v) is 4.08. The third-order valence-corrected chi connectivity index (χ3v) is 1.94. The van der Waals surface area contributed by atoms with Gasteiger partial charge >= 0.3 is 0 Å². The average molecular weight is 175 g/mol. The molecule has 0 aromatic carbocycles. The molecule has 1 heterocycles. The highest BCUT2D eigenvalue weighted by molar-refractivity contribution is 5.73. The molecule has 0 spiro atoms. The smallest absolute Gasteiger partial charge is 0.222 e. The van der Waals surface area contributed by atoms with E-state index in [-0.39, 0.29) is 0 Å². The Kier molecular flexibility index (Phi) is 2.85. The monoisotopic (exact) mass is 175 g/mol. The summed E-state index contributed by atoms with van der Waals surface area (Å²) in [5.74, 6) is 1.42. The molecule has 0 saturated heterocycles. The normalized spacial score (nSPS) is 10.6. The molecule has 0 aliphatic heterocycles. The summed E-state index contributed by atoms with van der Waals surface area (Å²) in [6, 6.07) is 0. The van der Waals surface area contributed by atoms with Crippen LogP contribution < -0.4 is 0 Å². The number of hydrogen-bond donors (Lipinski definition) is 0. The SMILES string of the molecule is C=C/C=N\c1oc(C=C)c(C)c1C. The van der Waals surface area contributed by atoms with Gasteiger partial charge in [-0.05, 0) is 19.9 Å². The molecule has 0 radical (unpaired) electrons. The van der Waals surface area contributed by atoms with Gasteiger partial charge in [-0.15, -0.1) is 0 Å². The Morgan fingerprint density at radius 3 is 2.38 bits per heavy atom. The molecule has 0 N–H and O–H groups in total. The lowest BCUT2D eigenvalue weighted by atomic mass is 10.2. The second-order valence-electron chi connectivity index (χ2n) is 2.74. The molecule has 0 saturated carbocycles. The molecule has 0 unspecified atom stereocenters. The summed E-state index contributed by atoms with van der Waals surface area (Å²) in [5, 5.41) is 0. The van der Waals surface area contributed by atoms with Crippen LogP contribution in [0.25, 0.3) is 6.08 Å². The number of aliphatic imine (C=N–C) groups is 1. The van der Waals surface area contributed by atoms with Crippen LogP contribution in [-0.2, 0) is 0 Å². The maximum atomic E-state index is 5.43. The lowest BCUT2D eigenvalue weighted by Crippen LogP contribution is -1.73. The van der Waals surface area contributed by atoms with Gasteiger partial charge in [-0.1, -0.05) is 19.2 Å². The van der Waals surface area contributed by atoms with Gasteiger partial charge in [0, 0.05) is 17.3 Å². The molecule has 13 heavy (non-hydrogen) atoms. The average Bonchev–Trinajstić information content (AvgIpc) is 2.41. The summed E-state index contributed by atoms with van der Waals surface area (Å²) < 4.78 is 5.43. The fourth-order valence-electron chi connectivity index (χ4n) is 1.04. The van der Waals surface area contributed by atoms with Crippen LogP contribution in [-0.4, -0.2) is 6.21 Å². The Morgan fingerprint density at radius 1 is 1.23 bits per heavy atom. The lowest BCUT2D eigenvalue weighted by Gasteiger charge is -1.86. The highest BCUT2D eigenvalue weighted by Crippen LogP contribution is 2.28. The maximum absolute atomic E-state index is 5.43. The zero-order valence-corrected chi connectivity index (χ0v) is 8.00. The molecule has 2 nitrogen and oxygen atoms in total. The largest absolute Gasteiger partial charge is 0.438 e. The summed E-state index contributed by atoms with van der Waals surface area (Å²) in [5.41, 5.74) is 2.14. The van der Waals surface area contributed by atoms with E-state index in [1.54, 1.807) is 18.4 Å². The summed E-state index contributed by atoms with van der Waals surface area (Å²) in [4.78, 5) is 4.10. The summed E-state index contributed by atoms with van der Waals surface area (Å²) in [7, 11) is 0. The van der Waals surface area contributed by atoms with Crippen molar-refractivity contribution in [3.8, 4) is 0 Å². The molecule has 0 bridgehead atoms. The molecule has 2 heteroatoms. The Morgan fingerprint density at radius 2 is 1.92 bits per heavy atom. The Labute approximate surface area is 78.3 Å². The molecule has 0 fully saturated rings. The minimum absolute atomic E-state index is 0.632. The van der Waals surface area contributed by atoms with Crippen molar-refractivity contribution in [3.63, 3.8) is 0 Å². The highest BCUT2D eigenvalue weighted by atomic mass is 16.4. The van der Waals surface area contributed by atoms with E-state index in [0.29, 0.717) is 5.88 Å². The van der Waals surface area contributed by atoms with Crippen molar-refractivity contribution in [2.45, 2.75) is 13.8 Å². The summed E-state index contributed by atoms with van der Waals surface area (Å²) in [6.45, 7) is 11.2. The van der Waals surface area contributed by atoms with Crippen LogP contribution >= 0.6 is 0 Å². The van der Waals surface area contributed by atoms with Gasteiger partial charge in [-0.2, -0.15) is 0 Å². The first-order chi connectivity index (χ1) is 6.20. The fourth-order valence-corrected chi connectivity index (χ4v) is 1.04. The molecule has 1 rings (SSSR count). The molecule has 0 aliphatic rings. The van der Waals surface area contributed by atoms with Gasteiger partial charge in [0.2, 0.25) is 5.88 Å². The molecule has 68 valence electrons. The number of nitrogens with zero attached hydrogens (tertiary/aromatic N) is 1. The van der Waals surface area contributed by atoms with Crippen LogP contribution in [0.4, 0.5) is 5.88 Å². The number of rotatable bonds is 3. The van der Waals surface area contributed by atoms with E-state index in [2.05, 4.69) is 18.2 Å². The van der Waals surface area contributed by atoms with Crippen molar-refractivity contribution < 1.29 is 4.42 Å². The summed E-state index contributed by atoms with van der Waals surface area (Å²) in [6.07, 6.45) is 4.91. The van der Waals surface area contributed by atoms with E-state index in [0.717, 1.165) is 16.9 Å². The lowest BCUT2D eigenvalue weighted by molar-refractivity contribution is 0.565. The van der Waals surface area contributed by atoms with Gasteiger partial charge < -0.3 is 4.42 Å². The third kappa shape index (κ3) is 1.78. The quantitative estimate of drug-likeness (QED) is 0.646. The van der Waals surface area contributed by atoms with Crippen molar-refractivity contribution >= 4 is 18.2 Å². The molecule has 0 atom stereocenters. The fraction of sp³-hybridized carbons (Fsp3) is 0.182. The van der Waals surface area contributed by atoms with Gasteiger partial charge in [0.25, 0.3) is 0 Å². The minimum atomic E-state index is 0.632. The van der Waals surface area contributed by atoms with Crippen molar-refractivity contribution in [3.05, 3.63) is 36.1 Å². The van der Waals surface area contributed by atoms with E-state index < -0.39 is 0 Å². The Bertz CT molecular complexity index is 358. The number of allylic oxidation sites excluding steroid dienone is 1. The predicted molar refractivity (Wildman–Crippen MR) is 56.6 cm³/mol. The van der Waals surface area contributed by atoms with Crippen LogP contribution in [0.15, 0.2) is 28.6 Å². The van der Waals surface area contributed by atoms with Crippen LogP contribution in [0.5, 0.6) is 0 Å². The van der Waals surface area contributed by atoms with Gasteiger partial charge in [-0.3, -0.25) is 0 Å².